The number of nitrogen functional groups attached to an aromatic ring is 1. The summed E-state index contributed by atoms with van der Waals surface area (Å²) in [5.41, 5.74) is 10.2. The number of amides is 1. The summed E-state index contributed by atoms with van der Waals surface area (Å²) in [6.07, 6.45) is 3.35. The number of nitrogens with one attached hydrogen (secondary N) is 1. The Hall–Kier alpha value is -2.86. The van der Waals surface area contributed by atoms with Crippen molar-refractivity contribution in [3.63, 3.8) is 0 Å². The van der Waals surface area contributed by atoms with Gasteiger partial charge < -0.3 is 15.2 Å². The Morgan fingerprint density at radius 1 is 1.18 bits per heavy atom. The number of aromatic nitrogens is 2. The molecule has 4 rings (SSSR count). The van der Waals surface area contributed by atoms with Crippen molar-refractivity contribution in [3.05, 3.63) is 59.4 Å². The van der Waals surface area contributed by atoms with Gasteiger partial charge in [0.2, 0.25) is 5.91 Å². The smallest absolute Gasteiger partial charge is 0.226 e. The predicted octanol–water partition coefficient (Wildman–Crippen LogP) is 3.39. The van der Waals surface area contributed by atoms with Crippen LogP contribution < -0.4 is 10.6 Å². The average molecular weight is 398 g/mol. The van der Waals surface area contributed by atoms with Crippen LogP contribution in [0.1, 0.15) is 36.2 Å². The molecule has 146 valence electrons. The lowest BCUT2D eigenvalue weighted by atomic mass is 10.1. The molecule has 0 radical (unpaired) electrons. The third-order valence-electron chi connectivity index (χ3n) is 5.22. The molecule has 7 heteroatoms. The fourth-order valence-electron chi connectivity index (χ4n) is 3.63. The van der Waals surface area contributed by atoms with Crippen LogP contribution in [0.2, 0.25) is 0 Å². The fourth-order valence-corrected chi connectivity index (χ4v) is 3.63. The monoisotopic (exact) mass is 397 g/mol. The second-order valence-corrected chi connectivity index (χ2v) is 7.05. The molecule has 1 aliphatic rings. The van der Waals surface area contributed by atoms with Crippen LogP contribution in [0.3, 0.4) is 0 Å². The van der Waals surface area contributed by atoms with Crippen molar-refractivity contribution in [1.82, 2.24) is 9.55 Å². The molecule has 1 aromatic heterocycles. The van der Waals surface area contributed by atoms with Crippen LogP contribution in [0.15, 0.2) is 42.5 Å². The Kier molecular flexibility index (Phi) is 5.70. The Balaban J connectivity index is 0.00000225. The number of anilines is 1. The fraction of sp³-hybridized carbons (Fsp3) is 0.286. The zero-order valence-electron chi connectivity index (χ0n) is 15.8. The Labute approximate surface area is 170 Å². The molecule has 28 heavy (non-hydrogen) atoms. The van der Waals surface area contributed by atoms with Crippen LogP contribution in [-0.4, -0.2) is 27.8 Å². The molecule has 2 heterocycles. The summed E-state index contributed by atoms with van der Waals surface area (Å²) in [5.74, 6) is 1.23. The van der Waals surface area contributed by atoms with E-state index in [1.165, 1.54) is 0 Å². The van der Waals surface area contributed by atoms with Gasteiger partial charge in [-0.15, -0.1) is 12.4 Å². The lowest BCUT2D eigenvalue weighted by molar-refractivity contribution is -0.119. The van der Waals surface area contributed by atoms with E-state index in [9.17, 15) is 4.79 Å². The summed E-state index contributed by atoms with van der Waals surface area (Å²) in [4.78, 5) is 18.9. The first-order valence-corrected chi connectivity index (χ1v) is 9.22. The minimum atomic E-state index is 0. The van der Waals surface area contributed by atoms with Crippen molar-refractivity contribution in [2.75, 3.05) is 11.4 Å². The number of imidazole rings is 1. The molecule has 0 aliphatic carbocycles. The number of piperidine rings is 1. The van der Waals surface area contributed by atoms with Gasteiger partial charge in [0.25, 0.3) is 0 Å². The van der Waals surface area contributed by atoms with Crippen molar-refractivity contribution in [2.24, 2.45) is 12.8 Å². The second kappa shape index (κ2) is 8.02. The summed E-state index contributed by atoms with van der Waals surface area (Å²) >= 11 is 0. The van der Waals surface area contributed by atoms with E-state index < -0.39 is 0 Å². The number of carbonyl (C=O) groups is 1. The van der Waals surface area contributed by atoms with Gasteiger partial charge in [-0.25, -0.2) is 4.98 Å². The van der Waals surface area contributed by atoms with Crippen LogP contribution in [0, 0.1) is 5.41 Å². The number of nitrogens with two attached hydrogens (primary N) is 1. The van der Waals surface area contributed by atoms with E-state index in [2.05, 4.69) is 4.57 Å². The molecule has 1 fully saturated rings. The number of rotatable bonds is 4. The molecule has 1 aliphatic heterocycles. The highest BCUT2D eigenvalue weighted by atomic mass is 35.5. The van der Waals surface area contributed by atoms with Crippen LogP contribution in [-0.2, 0) is 18.3 Å². The van der Waals surface area contributed by atoms with Gasteiger partial charge in [0, 0.05) is 37.7 Å². The summed E-state index contributed by atoms with van der Waals surface area (Å²) in [7, 11) is 2.01. The van der Waals surface area contributed by atoms with Crippen LogP contribution >= 0.6 is 12.4 Å². The van der Waals surface area contributed by atoms with E-state index in [4.69, 9.17) is 16.1 Å². The molecular formula is C21H24ClN5O. The third-order valence-corrected chi connectivity index (χ3v) is 5.22. The lowest BCUT2D eigenvalue weighted by Gasteiger charge is -2.26. The molecule has 1 amide bonds. The Bertz CT molecular complexity index is 1030. The molecule has 2 aromatic carbocycles. The molecule has 1 saturated heterocycles. The predicted molar refractivity (Wildman–Crippen MR) is 114 cm³/mol. The van der Waals surface area contributed by atoms with Gasteiger partial charge in [-0.3, -0.25) is 10.2 Å². The van der Waals surface area contributed by atoms with Gasteiger partial charge >= 0.3 is 0 Å². The maximum atomic E-state index is 12.2. The van der Waals surface area contributed by atoms with Gasteiger partial charge in [-0.1, -0.05) is 24.3 Å². The topological polar surface area (TPSA) is 88.0 Å². The number of aryl methyl sites for hydroxylation is 1. The summed E-state index contributed by atoms with van der Waals surface area (Å²) in [5, 5.41) is 7.49. The zero-order chi connectivity index (χ0) is 19.0. The molecule has 0 unspecified atom stereocenters. The van der Waals surface area contributed by atoms with Gasteiger partial charge in [0.15, 0.2) is 0 Å². The average Bonchev–Trinajstić information content (AvgIpc) is 2.97. The third kappa shape index (κ3) is 3.73. The summed E-state index contributed by atoms with van der Waals surface area (Å²) in [6.45, 7) is 0.784. The van der Waals surface area contributed by atoms with Crippen molar-refractivity contribution in [2.45, 2.75) is 25.7 Å². The number of amidine groups is 1. The quantitative estimate of drug-likeness (QED) is 0.522. The first-order valence-electron chi connectivity index (χ1n) is 9.22. The van der Waals surface area contributed by atoms with Gasteiger partial charge in [-0.2, -0.15) is 0 Å². The van der Waals surface area contributed by atoms with Crippen molar-refractivity contribution >= 4 is 40.9 Å². The normalized spacial score (nSPS) is 14.2. The summed E-state index contributed by atoms with van der Waals surface area (Å²) in [6, 6.07) is 13.8. The highest BCUT2D eigenvalue weighted by Gasteiger charge is 2.20. The SMILES string of the molecule is Cl.Cn1c(Cc2ccc(C(=N)N)cc2)nc2cc(N3CCCCC3=O)ccc21. The van der Waals surface area contributed by atoms with E-state index in [0.717, 1.165) is 53.1 Å². The highest BCUT2D eigenvalue weighted by Crippen LogP contribution is 2.26. The van der Waals surface area contributed by atoms with E-state index in [1.54, 1.807) is 0 Å². The number of halogens is 1. The van der Waals surface area contributed by atoms with Crippen LogP contribution in [0.4, 0.5) is 5.69 Å². The molecule has 0 saturated carbocycles. The number of hydrogen-bond acceptors (Lipinski definition) is 3. The Morgan fingerprint density at radius 3 is 2.61 bits per heavy atom. The number of hydrogen-bond donors (Lipinski definition) is 2. The number of nitrogens with zero attached hydrogens (tertiary/aromatic N) is 3. The van der Waals surface area contributed by atoms with Crippen molar-refractivity contribution in [1.29, 1.82) is 5.41 Å². The molecular weight excluding hydrogens is 374 g/mol. The molecule has 6 nitrogen and oxygen atoms in total. The summed E-state index contributed by atoms with van der Waals surface area (Å²) < 4.78 is 2.09. The van der Waals surface area contributed by atoms with Crippen molar-refractivity contribution in [3.8, 4) is 0 Å². The van der Waals surface area contributed by atoms with E-state index in [1.807, 2.05) is 54.4 Å². The molecule has 0 spiro atoms. The van der Waals surface area contributed by atoms with E-state index >= 15 is 0 Å². The molecule has 3 N–H and O–H groups in total. The molecule has 3 aromatic rings. The largest absolute Gasteiger partial charge is 0.384 e. The zero-order valence-corrected chi connectivity index (χ0v) is 16.6. The molecule has 0 bridgehead atoms. The first-order chi connectivity index (χ1) is 13.0. The second-order valence-electron chi connectivity index (χ2n) is 7.05. The lowest BCUT2D eigenvalue weighted by Crippen LogP contribution is -2.35. The molecule has 0 atom stereocenters. The standard InChI is InChI=1S/C21H23N5O.ClH/c1-25-18-10-9-16(26-11-3-2-4-20(26)27)13-17(18)24-19(25)12-14-5-7-15(8-6-14)21(22)23;/h5-10,13H,2-4,11-12H2,1H3,(H3,22,23);1H. The van der Waals surface area contributed by atoms with E-state index in [-0.39, 0.29) is 24.1 Å². The number of benzene rings is 2. The minimum absolute atomic E-state index is 0. The van der Waals surface area contributed by atoms with Gasteiger partial charge in [-0.05, 0) is 36.6 Å². The van der Waals surface area contributed by atoms with Crippen molar-refractivity contribution < 1.29 is 4.79 Å². The van der Waals surface area contributed by atoms with Crippen LogP contribution in [0.5, 0.6) is 0 Å². The number of fused-ring (bicyclic) bond motifs is 1. The first kappa shape index (κ1) is 19.9. The maximum absolute atomic E-state index is 12.2. The van der Waals surface area contributed by atoms with Gasteiger partial charge in [0.05, 0.1) is 11.0 Å². The highest BCUT2D eigenvalue weighted by molar-refractivity contribution is 5.96. The van der Waals surface area contributed by atoms with Gasteiger partial charge in [0.1, 0.15) is 11.7 Å². The maximum Gasteiger partial charge on any atom is 0.226 e. The number of carbonyl (C=O) groups excluding carboxylic acids is 1. The van der Waals surface area contributed by atoms with E-state index in [0.29, 0.717) is 12.8 Å². The minimum Gasteiger partial charge on any atom is -0.384 e. The van der Waals surface area contributed by atoms with Crippen LogP contribution in [0.25, 0.3) is 11.0 Å². The Morgan fingerprint density at radius 2 is 1.93 bits per heavy atom.